The topological polar surface area (TPSA) is 46.6 Å². The number of amides is 1. The molecule has 1 aliphatic heterocycles. The number of methoxy groups -OCH3 is 1. The third kappa shape index (κ3) is 2.46. The Morgan fingerprint density at radius 1 is 1.41 bits per heavy atom. The molecule has 0 aliphatic carbocycles. The first-order chi connectivity index (χ1) is 8.22. The zero-order chi connectivity index (χ0) is 12.3. The summed E-state index contributed by atoms with van der Waals surface area (Å²) in [7, 11) is 1.37. The quantitative estimate of drug-likeness (QED) is 0.741. The average Bonchev–Trinajstić information content (AvgIpc) is 2.66. The second-order valence-corrected chi connectivity index (χ2v) is 4.03. The van der Waals surface area contributed by atoms with Crippen LogP contribution < -0.4 is 4.90 Å². The fourth-order valence-electron chi connectivity index (χ4n) is 2.05. The van der Waals surface area contributed by atoms with Crippen molar-refractivity contribution in [1.29, 1.82) is 0 Å². The van der Waals surface area contributed by atoms with Crippen molar-refractivity contribution in [2.45, 2.75) is 19.3 Å². The summed E-state index contributed by atoms with van der Waals surface area (Å²) in [6.07, 6.45) is 1.45. The molecule has 1 heterocycles. The van der Waals surface area contributed by atoms with Crippen LogP contribution in [-0.2, 0) is 20.7 Å². The van der Waals surface area contributed by atoms with Gasteiger partial charge in [0.25, 0.3) is 0 Å². The number of para-hydroxylation sites is 1. The van der Waals surface area contributed by atoms with Gasteiger partial charge in [-0.05, 0) is 18.1 Å². The van der Waals surface area contributed by atoms with Crippen LogP contribution in [0.1, 0.15) is 18.4 Å². The Morgan fingerprint density at radius 3 is 2.94 bits per heavy atom. The smallest absolute Gasteiger partial charge is 0.305 e. The number of hydrogen-bond donors (Lipinski definition) is 0. The predicted molar refractivity (Wildman–Crippen MR) is 63.7 cm³/mol. The number of rotatable bonds is 4. The van der Waals surface area contributed by atoms with Gasteiger partial charge in [-0.2, -0.15) is 0 Å². The highest BCUT2D eigenvalue weighted by atomic mass is 16.5. The number of hydrogen-bond acceptors (Lipinski definition) is 3. The van der Waals surface area contributed by atoms with Crippen molar-refractivity contribution >= 4 is 17.6 Å². The lowest BCUT2D eigenvalue weighted by atomic mass is 10.2. The van der Waals surface area contributed by atoms with Gasteiger partial charge in [-0.1, -0.05) is 18.2 Å². The van der Waals surface area contributed by atoms with Gasteiger partial charge in [0.2, 0.25) is 5.91 Å². The van der Waals surface area contributed by atoms with E-state index >= 15 is 0 Å². The van der Waals surface area contributed by atoms with Crippen LogP contribution in [0.5, 0.6) is 0 Å². The molecule has 1 aromatic rings. The Labute approximate surface area is 100 Å². The zero-order valence-electron chi connectivity index (χ0n) is 9.81. The first-order valence-electron chi connectivity index (χ1n) is 5.67. The molecule has 0 spiro atoms. The van der Waals surface area contributed by atoms with Crippen LogP contribution in [0, 0.1) is 0 Å². The van der Waals surface area contributed by atoms with Crippen molar-refractivity contribution in [3.63, 3.8) is 0 Å². The Hall–Kier alpha value is -1.84. The zero-order valence-corrected chi connectivity index (χ0v) is 9.81. The van der Waals surface area contributed by atoms with E-state index in [2.05, 4.69) is 4.74 Å². The molecule has 0 aromatic heterocycles. The van der Waals surface area contributed by atoms with Gasteiger partial charge in [0.05, 0.1) is 13.5 Å². The molecular formula is C13H15NO3. The normalized spacial score (nSPS) is 13.7. The van der Waals surface area contributed by atoms with Crippen molar-refractivity contribution in [2.24, 2.45) is 0 Å². The summed E-state index contributed by atoms with van der Waals surface area (Å²) in [6, 6.07) is 7.76. The Kier molecular flexibility index (Phi) is 3.42. The minimum Gasteiger partial charge on any atom is -0.469 e. The summed E-state index contributed by atoms with van der Waals surface area (Å²) in [5.74, 6) is -0.124. The third-order valence-electron chi connectivity index (χ3n) is 2.92. The van der Waals surface area contributed by atoms with Gasteiger partial charge in [-0.15, -0.1) is 0 Å². The van der Waals surface area contributed by atoms with E-state index < -0.39 is 0 Å². The SMILES string of the molecule is COC(=O)CCCN1C(=O)Cc2ccccc21. The number of esters is 1. The minimum atomic E-state index is -0.232. The summed E-state index contributed by atoms with van der Waals surface area (Å²) < 4.78 is 4.57. The maximum atomic E-state index is 11.8. The molecule has 0 atom stereocenters. The third-order valence-corrected chi connectivity index (χ3v) is 2.92. The number of carbonyl (C=O) groups excluding carboxylic acids is 2. The molecule has 2 rings (SSSR count). The van der Waals surface area contributed by atoms with Gasteiger partial charge in [0.15, 0.2) is 0 Å². The maximum absolute atomic E-state index is 11.8. The highest BCUT2D eigenvalue weighted by molar-refractivity contribution is 6.01. The number of anilines is 1. The van der Waals surface area contributed by atoms with Gasteiger partial charge >= 0.3 is 5.97 Å². The molecule has 0 saturated heterocycles. The second-order valence-electron chi connectivity index (χ2n) is 4.03. The van der Waals surface area contributed by atoms with E-state index in [0.29, 0.717) is 25.8 Å². The molecular weight excluding hydrogens is 218 g/mol. The predicted octanol–water partition coefficient (Wildman–Crippen LogP) is 1.53. The molecule has 0 bridgehead atoms. The van der Waals surface area contributed by atoms with Crippen LogP contribution >= 0.6 is 0 Å². The average molecular weight is 233 g/mol. The van der Waals surface area contributed by atoms with E-state index in [4.69, 9.17) is 0 Å². The summed E-state index contributed by atoms with van der Waals surface area (Å²) >= 11 is 0. The Balaban J connectivity index is 1.97. The van der Waals surface area contributed by atoms with Gasteiger partial charge < -0.3 is 9.64 Å². The largest absolute Gasteiger partial charge is 0.469 e. The molecule has 0 unspecified atom stereocenters. The number of fused-ring (bicyclic) bond motifs is 1. The Bertz CT molecular complexity index is 442. The van der Waals surface area contributed by atoms with Gasteiger partial charge in [0, 0.05) is 18.7 Å². The molecule has 4 heteroatoms. The highest BCUT2D eigenvalue weighted by Crippen LogP contribution is 2.28. The summed E-state index contributed by atoms with van der Waals surface area (Å²) in [6.45, 7) is 0.574. The molecule has 0 radical (unpaired) electrons. The number of ether oxygens (including phenoxy) is 1. The lowest BCUT2D eigenvalue weighted by Crippen LogP contribution is -2.28. The molecule has 0 fully saturated rings. The van der Waals surface area contributed by atoms with E-state index in [1.54, 1.807) is 4.90 Å². The van der Waals surface area contributed by atoms with Crippen LogP contribution in [0.2, 0.25) is 0 Å². The molecule has 4 nitrogen and oxygen atoms in total. The molecule has 17 heavy (non-hydrogen) atoms. The van der Waals surface area contributed by atoms with Gasteiger partial charge in [0.1, 0.15) is 0 Å². The standard InChI is InChI=1S/C13H15NO3/c1-17-13(16)7-4-8-14-11-6-3-2-5-10(11)9-12(14)15/h2-3,5-6H,4,7-9H2,1H3. The van der Waals surface area contributed by atoms with Crippen molar-refractivity contribution in [3.05, 3.63) is 29.8 Å². The number of carbonyl (C=O) groups is 2. The van der Waals surface area contributed by atoms with Crippen LogP contribution in [0.15, 0.2) is 24.3 Å². The molecule has 90 valence electrons. The second kappa shape index (κ2) is 4.99. The van der Waals surface area contributed by atoms with E-state index in [-0.39, 0.29) is 11.9 Å². The molecule has 1 aliphatic rings. The maximum Gasteiger partial charge on any atom is 0.305 e. The van der Waals surface area contributed by atoms with E-state index in [1.165, 1.54) is 7.11 Å². The molecule has 0 N–H and O–H groups in total. The van der Waals surface area contributed by atoms with E-state index in [1.807, 2.05) is 24.3 Å². The molecule has 1 amide bonds. The lowest BCUT2D eigenvalue weighted by molar-refractivity contribution is -0.140. The van der Waals surface area contributed by atoms with Crippen LogP contribution in [0.3, 0.4) is 0 Å². The molecule has 1 aromatic carbocycles. The molecule has 0 saturated carbocycles. The van der Waals surface area contributed by atoms with Crippen LogP contribution in [0.4, 0.5) is 5.69 Å². The minimum absolute atomic E-state index is 0.107. The lowest BCUT2D eigenvalue weighted by Gasteiger charge is -2.16. The fourth-order valence-corrected chi connectivity index (χ4v) is 2.05. The number of benzene rings is 1. The highest BCUT2D eigenvalue weighted by Gasteiger charge is 2.26. The van der Waals surface area contributed by atoms with E-state index in [9.17, 15) is 9.59 Å². The Morgan fingerprint density at radius 2 is 2.18 bits per heavy atom. The van der Waals surface area contributed by atoms with E-state index in [0.717, 1.165) is 11.3 Å². The fraction of sp³-hybridized carbons (Fsp3) is 0.385. The van der Waals surface area contributed by atoms with Gasteiger partial charge in [-0.3, -0.25) is 9.59 Å². The van der Waals surface area contributed by atoms with Crippen LogP contribution in [-0.4, -0.2) is 25.5 Å². The van der Waals surface area contributed by atoms with Crippen molar-refractivity contribution < 1.29 is 14.3 Å². The van der Waals surface area contributed by atoms with Crippen molar-refractivity contribution in [3.8, 4) is 0 Å². The first kappa shape index (κ1) is 11.6. The summed E-state index contributed by atoms with van der Waals surface area (Å²) in [5.41, 5.74) is 2.04. The summed E-state index contributed by atoms with van der Waals surface area (Å²) in [5, 5.41) is 0. The van der Waals surface area contributed by atoms with Crippen LogP contribution in [0.25, 0.3) is 0 Å². The van der Waals surface area contributed by atoms with Crippen molar-refractivity contribution in [2.75, 3.05) is 18.6 Å². The van der Waals surface area contributed by atoms with Crippen molar-refractivity contribution in [1.82, 2.24) is 0 Å². The first-order valence-corrected chi connectivity index (χ1v) is 5.67. The summed E-state index contributed by atoms with van der Waals surface area (Å²) in [4.78, 5) is 24.5. The monoisotopic (exact) mass is 233 g/mol. The van der Waals surface area contributed by atoms with Gasteiger partial charge in [-0.25, -0.2) is 0 Å². The number of nitrogens with zero attached hydrogens (tertiary/aromatic N) is 1.